The number of ether oxygens (including phenoxy) is 2. The number of amides is 1. The molecule has 0 aliphatic rings. The van der Waals surface area contributed by atoms with Crippen LogP contribution in [0, 0.1) is 5.82 Å². The minimum Gasteiger partial charge on any atom is -0.481 e. The first-order chi connectivity index (χ1) is 12.0. The zero-order chi connectivity index (χ0) is 18.2. The normalized spacial score (nSPS) is 11.5. The fourth-order valence-electron chi connectivity index (χ4n) is 2.19. The maximum Gasteiger partial charge on any atom is 0.340 e. The number of esters is 1. The lowest BCUT2D eigenvalue weighted by Crippen LogP contribution is -2.33. The van der Waals surface area contributed by atoms with Crippen LogP contribution in [0.1, 0.15) is 30.6 Å². The van der Waals surface area contributed by atoms with Crippen LogP contribution in [-0.4, -0.2) is 24.6 Å². The van der Waals surface area contributed by atoms with E-state index in [1.807, 2.05) is 0 Å². The van der Waals surface area contributed by atoms with Crippen molar-refractivity contribution in [3.8, 4) is 5.75 Å². The Labute approximate surface area is 145 Å². The Hall–Kier alpha value is -2.89. The Balaban J connectivity index is 2.11. The van der Waals surface area contributed by atoms with E-state index in [-0.39, 0.29) is 18.0 Å². The van der Waals surface area contributed by atoms with Gasteiger partial charge in [-0.25, -0.2) is 9.18 Å². The van der Waals surface area contributed by atoms with Gasteiger partial charge >= 0.3 is 5.97 Å². The Morgan fingerprint density at radius 3 is 2.40 bits per heavy atom. The lowest BCUT2D eigenvalue weighted by Gasteiger charge is -2.18. The second-order valence-corrected chi connectivity index (χ2v) is 5.22. The van der Waals surface area contributed by atoms with Crippen LogP contribution >= 0.6 is 0 Å². The average Bonchev–Trinajstić information content (AvgIpc) is 2.61. The molecule has 0 saturated carbocycles. The van der Waals surface area contributed by atoms with Crippen LogP contribution < -0.4 is 10.1 Å². The van der Waals surface area contributed by atoms with Crippen LogP contribution in [0.15, 0.2) is 48.5 Å². The van der Waals surface area contributed by atoms with Crippen molar-refractivity contribution in [1.29, 1.82) is 0 Å². The van der Waals surface area contributed by atoms with Crippen molar-refractivity contribution in [1.82, 2.24) is 0 Å². The van der Waals surface area contributed by atoms with Gasteiger partial charge in [-0.05, 0) is 49.7 Å². The van der Waals surface area contributed by atoms with E-state index >= 15 is 0 Å². The van der Waals surface area contributed by atoms with Crippen molar-refractivity contribution in [2.45, 2.75) is 26.4 Å². The summed E-state index contributed by atoms with van der Waals surface area (Å²) >= 11 is 0. The van der Waals surface area contributed by atoms with Crippen molar-refractivity contribution < 1.29 is 23.5 Å². The van der Waals surface area contributed by atoms with Gasteiger partial charge in [-0.1, -0.05) is 19.1 Å². The zero-order valence-corrected chi connectivity index (χ0v) is 14.1. The molecule has 25 heavy (non-hydrogen) atoms. The second kappa shape index (κ2) is 8.82. The lowest BCUT2D eigenvalue weighted by molar-refractivity contribution is -0.122. The Bertz CT molecular complexity index is 730. The highest BCUT2D eigenvalue weighted by Crippen LogP contribution is 2.19. The zero-order valence-electron chi connectivity index (χ0n) is 14.1. The number of nitrogens with one attached hydrogen (secondary N) is 1. The molecule has 1 N–H and O–H groups in total. The van der Waals surface area contributed by atoms with E-state index in [1.54, 1.807) is 38.1 Å². The number of rotatable bonds is 7. The van der Waals surface area contributed by atoms with Gasteiger partial charge in [0, 0.05) is 0 Å². The van der Waals surface area contributed by atoms with Crippen LogP contribution in [0.5, 0.6) is 5.75 Å². The summed E-state index contributed by atoms with van der Waals surface area (Å²) < 4.78 is 23.5. The molecule has 1 amide bonds. The van der Waals surface area contributed by atoms with Gasteiger partial charge in [0.2, 0.25) is 0 Å². The van der Waals surface area contributed by atoms with Gasteiger partial charge in [0.05, 0.1) is 17.9 Å². The summed E-state index contributed by atoms with van der Waals surface area (Å²) in [6.45, 7) is 3.75. The molecule has 0 aromatic heterocycles. The van der Waals surface area contributed by atoms with Gasteiger partial charge in [-0.3, -0.25) is 4.79 Å². The molecule has 0 radical (unpaired) electrons. The molecule has 2 aromatic rings. The number of carbonyl (C=O) groups excluding carboxylic acids is 2. The highest BCUT2D eigenvalue weighted by atomic mass is 19.1. The van der Waals surface area contributed by atoms with Gasteiger partial charge in [0.15, 0.2) is 6.10 Å². The highest BCUT2D eigenvalue weighted by molar-refractivity contribution is 6.02. The van der Waals surface area contributed by atoms with Crippen molar-refractivity contribution >= 4 is 17.6 Å². The largest absolute Gasteiger partial charge is 0.481 e. The van der Waals surface area contributed by atoms with Crippen LogP contribution in [0.4, 0.5) is 10.1 Å². The maximum absolute atomic E-state index is 13.0. The number of hydrogen-bond donors (Lipinski definition) is 1. The summed E-state index contributed by atoms with van der Waals surface area (Å²) in [4.78, 5) is 24.5. The first-order valence-corrected chi connectivity index (χ1v) is 8.04. The fourth-order valence-corrected chi connectivity index (χ4v) is 2.19. The molecule has 0 spiro atoms. The molecule has 2 aromatic carbocycles. The van der Waals surface area contributed by atoms with E-state index in [4.69, 9.17) is 9.47 Å². The number of carbonyl (C=O) groups is 2. The summed E-state index contributed by atoms with van der Waals surface area (Å²) in [6, 6.07) is 12.0. The number of hydrogen-bond acceptors (Lipinski definition) is 4. The smallest absolute Gasteiger partial charge is 0.340 e. The summed E-state index contributed by atoms with van der Waals surface area (Å²) in [5, 5.41) is 2.69. The van der Waals surface area contributed by atoms with Gasteiger partial charge in [-0.2, -0.15) is 0 Å². The Kier molecular flexibility index (Phi) is 6.51. The molecule has 0 saturated heterocycles. The van der Waals surface area contributed by atoms with Crippen molar-refractivity contribution in [3.63, 3.8) is 0 Å². The third-order valence-corrected chi connectivity index (χ3v) is 3.44. The molecule has 132 valence electrons. The third kappa shape index (κ3) is 5.04. The standard InChI is InChI=1S/C19H20FNO4/c1-3-17(25-14-11-9-13(20)10-12-14)18(22)21-16-8-6-5-7-15(16)19(23)24-4-2/h5-12,17H,3-4H2,1-2H3,(H,21,22)/t17-/m0/s1. The van der Waals surface area contributed by atoms with Gasteiger partial charge < -0.3 is 14.8 Å². The molecule has 0 heterocycles. The quantitative estimate of drug-likeness (QED) is 0.775. The number of para-hydroxylation sites is 1. The summed E-state index contributed by atoms with van der Waals surface area (Å²) in [6.07, 6.45) is -0.370. The van der Waals surface area contributed by atoms with Crippen molar-refractivity contribution in [2.75, 3.05) is 11.9 Å². The fraction of sp³-hybridized carbons (Fsp3) is 0.263. The highest BCUT2D eigenvalue weighted by Gasteiger charge is 2.21. The van der Waals surface area contributed by atoms with E-state index in [0.29, 0.717) is 17.9 Å². The minimum atomic E-state index is -0.777. The number of benzene rings is 2. The molecular formula is C19H20FNO4. The molecule has 1 atom stereocenters. The summed E-state index contributed by atoms with van der Waals surface area (Å²) in [7, 11) is 0. The minimum absolute atomic E-state index is 0.242. The summed E-state index contributed by atoms with van der Waals surface area (Å²) in [5.41, 5.74) is 0.626. The first kappa shape index (κ1) is 18.4. The van der Waals surface area contributed by atoms with Crippen LogP contribution in [0.25, 0.3) is 0 Å². The van der Waals surface area contributed by atoms with E-state index in [9.17, 15) is 14.0 Å². The number of anilines is 1. The molecular weight excluding hydrogens is 325 g/mol. The maximum atomic E-state index is 13.0. The molecule has 0 unspecified atom stereocenters. The topological polar surface area (TPSA) is 64.6 Å². The molecule has 2 rings (SSSR count). The lowest BCUT2D eigenvalue weighted by atomic mass is 10.1. The monoisotopic (exact) mass is 345 g/mol. The van der Waals surface area contributed by atoms with E-state index < -0.39 is 18.0 Å². The number of halogens is 1. The molecule has 0 fully saturated rings. The van der Waals surface area contributed by atoms with E-state index in [2.05, 4.69) is 5.32 Å². The van der Waals surface area contributed by atoms with Crippen LogP contribution in [0.3, 0.4) is 0 Å². The van der Waals surface area contributed by atoms with Gasteiger partial charge in [0.25, 0.3) is 5.91 Å². The molecule has 0 bridgehead atoms. The van der Waals surface area contributed by atoms with Gasteiger partial charge in [0.1, 0.15) is 11.6 Å². The van der Waals surface area contributed by atoms with Crippen LogP contribution in [0.2, 0.25) is 0 Å². The van der Waals surface area contributed by atoms with Crippen molar-refractivity contribution in [3.05, 3.63) is 59.9 Å². The Morgan fingerprint density at radius 2 is 1.76 bits per heavy atom. The molecule has 6 heteroatoms. The van der Waals surface area contributed by atoms with E-state index in [1.165, 1.54) is 24.3 Å². The third-order valence-electron chi connectivity index (χ3n) is 3.44. The first-order valence-electron chi connectivity index (χ1n) is 8.04. The summed E-state index contributed by atoms with van der Waals surface area (Å²) in [5.74, 6) is -0.898. The average molecular weight is 345 g/mol. The molecule has 0 aliphatic carbocycles. The SMILES string of the molecule is CCOC(=O)c1ccccc1NC(=O)[C@H](CC)Oc1ccc(F)cc1. The second-order valence-electron chi connectivity index (χ2n) is 5.22. The predicted molar refractivity (Wildman–Crippen MR) is 92.1 cm³/mol. The van der Waals surface area contributed by atoms with E-state index in [0.717, 1.165) is 0 Å². The van der Waals surface area contributed by atoms with Crippen molar-refractivity contribution in [2.24, 2.45) is 0 Å². The Morgan fingerprint density at radius 1 is 1.08 bits per heavy atom. The van der Waals surface area contributed by atoms with Gasteiger partial charge in [-0.15, -0.1) is 0 Å². The van der Waals surface area contributed by atoms with Crippen LogP contribution in [-0.2, 0) is 9.53 Å². The molecule has 0 aliphatic heterocycles. The predicted octanol–water partition coefficient (Wildman–Crippen LogP) is 3.80. The molecule has 5 nitrogen and oxygen atoms in total.